The molecule has 1 aromatic heterocycles. The number of imidazole rings is 1. The highest BCUT2D eigenvalue weighted by Crippen LogP contribution is 2.30. The van der Waals surface area contributed by atoms with Gasteiger partial charge in [-0.1, -0.05) is 25.6 Å². The Morgan fingerprint density at radius 1 is 1.44 bits per heavy atom. The first-order valence-electron chi connectivity index (χ1n) is 9.03. The summed E-state index contributed by atoms with van der Waals surface area (Å²) in [5.41, 5.74) is 2.78. The lowest BCUT2D eigenvalue weighted by atomic mass is 10.1. The van der Waals surface area contributed by atoms with E-state index >= 15 is 0 Å². The molecule has 0 unspecified atom stereocenters. The first-order chi connectivity index (χ1) is 12.8. The number of nitro groups is 1. The molecule has 3 rings (SSSR count). The molecule has 1 atom stereocenters. The van der Waals surface area contributed by atoms with Gasteiger partial charge in [0.1, 0.15) is 0 Å². The summed E-state index contributed by atoms with van der Waals surface area (Å²) in [7, 11) is 2.05. The molecule has 27 heavy (non-hydrogen) atoms. The standard InChI is InChI=1S/C19H25N5O2S/c1-13(2)9-23-10-15(20-12-23)8-17-11-27-19(22(17)4)21-18-6-5-16(24(25)26)7-14(18)3/h5-7,10,12-13,17H,8-9,11H2,1-4H3/t17-/m0/s1. The molecule has 144 valence electrons. The van der Waals surface area contributed by atoms with Crippen molar-refractivity contribution in [2.45, 2.75) is 39.8 Å². The SMILES string of the molecule is Cc1cc([N+](=O)[O-])ccc1N=C1SC[C@H](Cc2cn(CC(C)C)cn2)N1C. The van der Waals surface area contributed by atoms with Crippen molar-refractivity contribution < 1.29 is 4.92 Å². The van der Waals surface area contributed by atoms with Crippen LogP contribution in [-0.2, 0) is 13.0 Å². The van der Waals surface area contributed by atoms with Crippen molar-refractivity contribution in [1.82, 2.24) is 14.5 Å². The summed E-state index contributed by atoms with van der Waals surface area (Å²) in [5.74, 6) is 1.55. The molecule has 1 saturated heterocycles. The minimum absolute atomic E-state index is 0.0961. The number of nitrogens with zero attached hydrogens (tertiary/aromatic N) is 5. The number of non-ortho nitro benzene ring substituents is 1. The third kappa shape index (κ3) is 4.68. The van der Waals surface area contributed by atoms with Gasteiger partial charge in [-0.2, -0.15) is 0 Å². The van der Waals surface area contributed by atoms with Gasteiger partial charge >= 0.3 is 0 Å². The molecule has 0 spiro atoms. The largest absolute Gasteiger partial charge is 0.350 e. The number of benzene rings is 1. The molecule has 0 amide bonds. The molecule has 0 N–H and O–H groups in total. The number of amidine groups is 1. The van der Waals surface area contributed by atoms with Crippen LogP contribution in [0.3, 0.4) is 0 Å². The maximum Gasteiger partial charge on any atom is 0.269 e. The Labute approximate surface area is 163 Å². The van der Waals surface area contributed by atoms with Gasteiger partial charge in [0.2, 0.25) is 0 Å². The molecular formula is C19H25N5O2S. The van der Waals surface area contributed by atoms with E-state index in [-0.39, 0.29) is 10.6 Å². The summed E-state index contributed by atoms with van der Waals surface area (Å²) in [6, 6.07) is 5.13. The highest BCUT2D eigenvalue weighted by atomic mass is 32.2. The zero-order valence-electron chi connectivity index (χ0n) is 16.1. The van der Waals surface area contributed by atoms with Crippen LogP contribution in [0, 0.1) is 23.0 Å². The topological polar surface area (TPSA) is 76.6 Å². The average molecular weight is 388 g/mol. The van der Waals surface area contributed by atoms with E-state index in [4.69, 9.17) is 4.99 Å². The molecule has 0 aliphatic carbocycles. The van der Waals surface area contributed by atoms with E-state index in [9.17, 15) is 10.1 Å². The predicted molar refractivity (Wildman–Crippen MR) is 110 cm³/mol. The molecule has 2 aromatic rings. The van der Waals surface area contributed by atoms with Crippen LogP contribution in [0.2, 0.25) is 0 Å². The van der Waals surface area contributed by atoms with Crippen LogP contribution in [0.15, 0.2) is 35.7 Å². The zero-order chi connectivity index (χ0) is 19.6. The molecule has 7 nitrogen and oxygen atoms in total. The summed E-state index contributed by atoms with van der Waals surface area (Å²) in [6.07, 6.45) is 4.92. The number of aliphatic imine (C=N–C) groups is 1. The van der Waals surface area contributed by atoms with E-state index in [1.807, 2.05) is 13.3 Å². The second kappa shape index (κ2) is 8.12. The Morgan fingerprint density at radius 3 is 2.89 bits per heavy atom. The van der Waals surface area contributed by atoms with Gasteiger partial charge < -0.3 is 9.47 Å². The first kappa shape index (κ1) is 19.4. The normalized spacial score (nSPS) is 18.6. The van der Waals surface area contributed by atoms with Gasteiger partial charge in [-0.3, -0.25) is 10.1 Å². The minimum atomic E-state index is -0.380. The molecule has 0 radical (unpaired) electrons. The van der Waals surface area contributed by atoms with Crippen molar-refractivity contribution in [2.75, 3.05) is 12.8 Å². The smallest absolute Gasteiger partial charge is 0.269 e. The second-order valence-electron chi connectivity index (χ2n) is 7.36. The lowest BCUT2D eigenvalue weighted by Gasteiger charge is -2.20. The Balaban J connectivity index is 1.69. The van der Waals surface area contributed by atoms with Gasteiger partial charge in [0.15, 0.2) is 5.17 Å². The Bertz CT molecular complexity index is 862. The van der Waals surface area contributed by atoms with Crippen molar-refractivity contribution >= 4 is 28.3 Å². The number of hydrogen-bond donors (Lipinski definition) is 0. The average Bonchev–Trinajstić information content (AvgIpc) is 3.17. The number of hydrogen-bond acceptors (Lipinski definition) is 5. The van der Waals surface area contributed by atoms with Gasteiger partial charge in [0.05, 0.1) is 22.6 Å². The third-order valence-electron chi connectivity index (χ3n) is 4.57. The predicted octanol–water partition coefficient (Wildman–Crippen LogP) is 4.03. The highest BCUT2D eigenvalue weighted by molar-refractivity contribution is 8.14. The van der Waals surface area contributed by atoms with Crippen LogP contribution in [0.4, 0.5) is 11.4 Å². The molecular weight excluding hydrogens is 362 g/mol. The van der Waals surface area contributed by atoms with Crippen molar-refractivity contribution in [2.24, 2.45) is 10.9 Å². The van der Waals surface area contributed by atoms with Crippen molar-refractivity contribution in [3.05, 3.63) is 52.1 Å². The van der Waals surface area contributed by atoms with Crippen LogP contribution < -0.4 is 0 Å². The third-order valence-corrected chi connectivity index (χ3v) is 5.76. The van der Waals surface area contributed by atoms with Gasteiger partial charge in [-0.05, 0) is 24.5 Å². The summed E-state index contributed by atoms with van der Waals surface area (Å²) in [4.78, 5) is 22.0. The first-order valence-corrected chi connectivity index (χ1v) is 10.0. The van der Waals surface area contributed by atoms with Gasteiger partial charge in [-0.15, -0.1) is 0 Å². The molecule has 2 heterocycles. The summed E-state index contributed by atoms with van der Waals surface area (Å²) >= 11 is 1.72. The molecule has 1 aliphatic heterocycles. The Hall–Kier alpha value is -2.35. The fourth-order valence-corrected chi connectivity index (χ4v) is 4.30. The van der Waals surface area contributed by atoms with Crippen LogP contribution in [0.1, 0.15) is 25.1 Å². The fraction of sp³-hybridized carbons (Fsp3) is 0.474. The molecule has 1 fully saturated rings. The lowest BCUT2D eigenvalue weighted by molar-refractivity contribution is -0.384. The maximum absolute atomic E-state index is 10.9. The molecule has 1 aromatic carbocycles. The van der Waals surface area contributed by atoms with Gasteiger partial charge in [0.25, 0.3) is 5.69 Å². The number of aromatic nitrogens is 2. The fourth-order valence-electron chi connectivity index (χ4n) is 3.10. The van der Waals surface area contributed by atoms with Crippen molar-refractivity contribution in [1.29, 1.82) is 0 Å². The van der Waals surface area contributed by atoms with E-state index in [1.165, 1.54) is 6.07 Å². The Kier molecular flexibility index (Phi) is 5.84. The van der Waals surface area contributed by atoms with E-state index < -0.39 is 0 Å². The summed E-state index contributed by atoms with van der Waals surface area (Å²) < 4.78 is 2.15. The quantitative estimate of drug-likeness (QED) is 0.552. The number of aryl methyl sites for hydroxylation is 1. The molecule has 1 aliphatic rings. The molecule has 0 saturated carbocycles. The number of nitro benzene ring substituents is 1. The van der Waals surface area contributed by atoms with Gasteiger partial charge in [0, 0.05) is 50.1 Å². The molecule has 8 heteroatoms. The van der Waals surface area contributed by atoms with Crippen molar-refractivity contribution in [3.8, 4) is 0 Å². The van der Waals surface area contributed by atoms with Crippen LogP contribution >= 0.6 is 11.8 Å². The van der Waals surface area contributed by atoms with Crippen LogP contribution in [0.25, 0.3) is 0 Å². The van der Waals surface area contributed by atoms with Crippen LogP contribution in [0.5, 0.6) is 0 Å². The number of rotatable bonds is 6. The van der Waals surface area contributed by atoms with E-state index in [0.717, 1.165) is 40.8 Å². The van der Waals surface area contributed by atoms with Crippen LogP contribution in [-0.4, -0.2) is 43.4 Å². The number of thioether (sulfide) groups is 1. The summed E-state index contributed by atoms with van der Waals surface area (Å²) in [5, 5.41) is 11.8. The number of likely N-dealkylation sites (N-methyl/N-ethyl adjacent to an activating group) is 1. The van der Waals surface area contributed by atoms with E-state index in [1.54, 1.807) is 23.9 Å². The zero-order valence-corrected chi connectivity index (χ0v) is 16.9. The maximum atomic E-state index is 10.9. The minimum Gasteiger partial charge on any atom is -0.350 e. The molecule has 0 bridgehead atoms. The monoisotopic (exact) mass is 387 g/mol. The second-order valence-corrected chi connectivity index (χ2v) is 8.34. The lowest BCUT2D eigenvalue weighted by Crippen LogP contribution is -2.31. The van der Waals surface area contributed by atoms with Crippen molar-refractivity contribution in [3.63, 3.8) is 0 Å². The highest BCUT2D eigenvalue weighted by Gasteiger charge is 2.28. The summed E-state index contributed by atoms with van der Waals surface area (Å²) in [6.45, 7) is 7.23. The van der Waals surface area contributed by atoms with E-state index in [0.29, 0.717) is 12.0 Å². The van der Waals surface area contributed by atoms with E-state index in [2.05, 4.69) is 41.5 Å². The van der Waals surface area contributed by atoms with Gasteiger partial charge in [-0.25, -0.2) is 9.98 Å². The Morgan fingerprint density at radius 2 is 2.22 bits per heavy atom.